The van der Waals surface area contributed by atoms with Crippen molar-refractivity contribution in [3.05, 3.63) is 35.4 Å². The number of hydrogen-bond donors (Lipinski definition) is 2. The number of benzene rings is 1. The van der Waals surface area contributed by atoms with E-state index in [1.54, 1.807) is 0 Å². The zero-order valence-corrected chi connectivity index (χ0v) is 10.2. The molecule has 1 amide bonds. The predicted octanol–water partition coefficient (Wildman–Crippen LogP) is 1.35. The Morgan fingerprint density at radius 3 is 3.00 bits per heavy atom. The van der Waals surface area contributed by atoms with Gasteiger partial charge in [0.1, 0.15) is 12.4 Å². The van der Waals surface area contributed by atoms with E-state index >= 15 is 0 Å². The average molecular weight is 247 g/mol. The predicted molar refractivity (Wildman–Crippen MR) is 69.2 cm³/mol. The Balaban J connectivity index is 1.94. The lowest BCUT2D eigenvalue weighted by Gasteiger charge is -2.17. The smallest absolute Gasteiger partial charge is 0.250 e. The Morgan fingerprint density at radius 1 is 1.33 bits per heavy atom. The molecule has 0 fully saturated rings. The third-order valence-corrected chi connectivity index (χ3v) is 2.79. The van der Waals surface area contributed by atoms with Crippen LogP contribution in [0.4, 0.5) is 0 Å². The highest BCUT2D eigenvalue weighted by Crippen LogP contribution is 2.25. The molecule has 4 nitrogen and oxygen atoms in total. The highest BCUT2D eigenvalue weighted by molar-refractivity contribution is 5.99. The first-order chi connectivity index (χ1) is 8.81. The van der Waals surface area contributed by atoms with Gasteiger partial charge in [0.15, 0.2) is 0 Å². The van der Waals surface area contributed by atoms with Crippen molar-refractivity contribution in [1.29, 1.82) is 0 Å². The molecule has 1 aromatic rings. The number of fused-ring (bicyclic) bond motifs is 1. The summed E-state index contributed by atoms with van der Waals surface area (Å²) < 4.78 is 5.52. The number of unbranched alkanes of at least 4 members (excludes halogenated alkanes) is 1. The number of hydrogen-bond acceptors (Lipinski definition) is 3. The number of para-hydroxylation sites is 1. The minimum absolute atomic E-state index is 0.0950. The van der Waals surface area contributed by atoms with Crippen molar-refractivity contribution in [3.8, 4) is 5.75 Å². The molecule has 1 aromatic carbocycles. The largest absolute Gasteiger partial charge is 0.488 e. The van der Waals surface area contributed by atoms with Crippen molar-refractivity contribution >= 4 is 12.0 Å². The highest BCUT2D eigenvalue weighted by atomic mass is 16.5. The molecule has 0 atom stereocenters. The topological polar surface area (TPSA) is 58.6 Å². The van der Waals surface area contributed by atoms with Crippen LogP contribution in [0.3, 0.4) is 0 Å². The second-order valence-electron chi connectivity index (χ2n) is 4.18. The molecule has 18 heavy (non-hydrogen) atoms. The number of ether oxygens (including phenoxy) is 1. The van der Waals surface area contributed by atoms with Crippen LogP contribution in [0.1, 0.15) is 18.4 Å². The van der Waals surface area contributed by atoms with Crippen LogP contribution in [-0.2, 0) is 4.79 Å². The number of nitrogens with one attached hydrogen (secondary N) is 1. The first-order valence-electron chi connectivity index (χ1n) is 6.12. The van der Waals surface area contributed by atoms with Gasteiger partial charge in [0.25, 0.3) is 5.91 Å². The molecule has 0 radical (unpaired) electrons. The molecule has 0 saturated carbocycles. The lowest BCUT2D eigenvalue weighted by molar-refractivity contribution is -0.117. The molecule has 96 valence electrons. The zero-order chi connectivity index (χ0) is 12.8. The summed E-state index contributed by atoms with van der Waals surface area (Å²) >= 11 is 0. The summed E-state index contributed by atoms with van der Waals surface area (Å²) in [5, 5.41) is 11.5. The zero-order valence-electron chi connectivity index (χ0n) is 10.2. The Kier molecular flexibility index (Phi) is 4.36. The third kappa shape index (κ3) is 3.11. The van der Waals surface area contributed by atoms with Crippen molar-refractivity contribution in [1.82, 2.24) is 5.32 Å². The van der Waals surface area contributed by atoms with Gasteiger partial charge in [-0.3, -0.25) is 4.79 Å². The maximum Gasteiger partial charge on any atom is 0.250 e. The molecule has 1 aliphatic rings. The average Bonchev–Trinajstić information content (AvgIpc) is 2.43. The van der Waals surface area contributed by atoms with Crippen molar-refractivity contribution < 1.29 is 14.6 Å². The van der Waals surface area contributed by atoms with Crippen LogP contribution >= 0.6 is 0 Å². The fourth-order valence-electron chi connectivity index (χ4n) is 1.80. The molecular formula is C14H17NO3. The number of amides is 1. The Morgan fingerprint density at radius 2 is 2.17 bits per heavy atom. The molecule has 0 aromatic heterocycles. The van der Waals surface area contributed by atoms with Crippen LogP contribution in [0.25, 0.3) is 6.08 Å². The Labute approximate surface area is 106 Å². The minimum atomic E-state index is -0.0950. The highest BCUT2D eigenvalue weighted by Gasteiger charge is 2.16. The van der Waals surface area contributed by atoms with Crippen LogP contribution in [0.15, 0.2) is 29.8 Å². The summed E-state index contributed by atoms with van der Waals surface area (Å²) in [6, 6.07) is 7.64. The molecular weight excluding hydrogens is 230 g/mol. The van der Waals surface area contributed by atoms with E-state index in [0.717, 1.165) is 17.7 Å². The molecule has 2 N–H and O–H groups in total. The second-order valence-corrected chi connectivity index (χ2v) is 4.18. The number of aliphatic hydroxyl groups is 1. The minimum Gasteiger partial charge on any atom is -0.488 e. The van der Waals surface area contributed by atoms with Gasteiger partial charge < -0.3 is 15.2 Å². The summed E-state index contributed by atoms with van der Waals surface area (Å²) in [6.45, 7) is 1.05. The fraction of sp³-hybridized carbons (Fsp3) is 0.357. The second kappa shape index (κ2) is 6.21. The summed E-state index contributed by atoms with van der Waals surface area (Å²) in [5.41, 5.74) is 1.57. The number of carbonyl (C=O) groups excluding carboxylic acids is 1. The standard InChI is InChI=1S/C14H17NO3/c16-8-4-3-7-15-14(17)12-9-11-5-1-2-6-13(11)18-10-12/h1-2,5-6,9,16H,3-4,7-8,10H2,(H,15,17). The van der Waals surface area contributed by atoms with Crippen molar-refractivity contribution in [2.45, 2.75) is 12.8 Å². The first kappa shape index (κ1) is 12.6. The molecule has 1 heterocycles. The van der Waals surface area contributed by atoms with E-state index in [2.05, 4.69) is 5.32 Å². The summed E-state index contributed by atoms with van der Waals surface area (Å²) in [4.78, 5) is 11.8. The van der Waals surface area contributed by atoms with E-state index in [4.69, 9.17) is 9.84 Å². The van der Waals surface area contributed by atoms with Gasteiger partial charge in [-0.25, -0.2) is 0 Å². The van der Waals surface area contributed by atoms with E-state index in [1.807, 2.05) is 30.3 Å². The lowest BCUT2D eigenvalue weighted by Crippen LogP contribution is -2.29. The van der Waals surface area contributed by atoms with Gasteiger partial charge in [-0.1, -0.05) is 18.2 Å². The summed E-state index contributed by atoms with van der Waals surface area (Å²) in [5.74, 6) is 0.719. The molecule has 0 spiro atoms. The van der Waals surface area contributed by atoms with E-state index in [1.165, 1.54) is 0 Å². The molecule has 0 bridgehead atoms. The quantitative estimate of drug-likeness (QED) is 0.772. The lowest BCUT2D eigenvalue weighted by atomic mass is 10.1. The van der Waals surface area contributed by atoms with E-state index in [9.17, 15) is 4.79 Å². The maximum absolute atomic E-state index is 11.8. The molecule has 2 rings (SSSR count). The van der Waals surface area contributed by atoms with Gasteiger partial charge in [-0.2, -0.15) is 0 Å². The molecule has 4 heteroatoms. The van der Waals surface area contributed by atoms with Crippen LogP contribution < -0.4 is 10.1 Å². The van der Waals surface area contributed by atoms with Gasteiger partial charge >= 0.3 is 0 Å². The van der Waals surface area contributed by atoms with Gasteiger partial charge in [-0.15, -0.1) is 0 Å². The van der Waals surface area contributed by atoms with Crippen LogP contribution in [0.5, 0.6) is 5.75 Å². The number of rotatable bonds is 5. The third-order valence-electron chi connectivity index (χ3n) is 2.79. The molecule has 0 unspecified atom stereocenters. The first-order valence-corrected chi connectivity index (χ1v) is 6.12. The van der Waals surface area contributed by atoms with Crippen LogP contribution in [0.2, 0.25) is 0 Å². The van der Waals surface area contributed by atoms with Gasteiger partial charge in [0, 0.05) is 18.7 Å². The molecule has 1 aliphatic heterocycles. The number of carbonyl (C=O) groups is 1. The van der Waals surface area contributed by atoms with Crippen molar-refractivity contribution in [3.63, 3.8) is 0 Å². The molecule has 0 saturated heterocycles. The van der Waals surface area contributed by atoms with Gasteiger partial charge in [0.2, 0.25) is 0 Å². The Hall–Kier alpha value is -1.81. The Bertz CT molecular complexity index is 454. The van der Waals surface area contributed by atoms with Gasteiger partial charge in [-0.05, 0) is 25.0 Å². The van der Waals surface area contributed by atoms with Crippen molar-refractivity contribution in [2.75, 3.05) is 19.8 Å². The normalized spacial score (nSPS) is 13.3. The van der Waals surface area contributed by atoms with Gasteiger partial charge in [0.05, 0.1) is 5.57 Å². The monoisotopic (exact) mass is 247 g/mol. The van der Waals surface area contributed by atoms with Crippen molar-refractivity contribution in [2.24, 2.45) is 0 Å². The number of aliphatic hydroxyl groups excluding tert-OH is 1. The summed E-state index contributed by atoms with van der Waals surface area (Å²) in [7, 11) is 0. The van der Waals surface area contributed by atoms with Crippen LogP contribution in [-0.4, -0.2) is 30.8 Å². The summed E-state index contributed by atoms with van der Waals surface area (Å²) in [6.07, 6.45) is 3.35. The van der Waals surface area contributed by atoms with Crippen LogP contribution in [0, 0.1) is 0 Å². The van der Waals surface area contributed by atoms with E-state index in [0.29, 0.717) is 25.1 Å². The van der Waals surface area contributed by atoms with E-state index < -0.39 is 0 Å². The SMILES string of the molecule is O=C(NCCCCO)C1=Cc2ccccc2OC1. The molecule has 0 aliphatic carbocycles. The maximum atomic E-state index is 11.8. The fourth-order valence-corrected chi connectivity index (χ4v) is 1.80. The van der Waals surface area contributed by atoms with E-state index in [-0.39, 0.29) is 12.5 Å².